The van der Waals surface area contributed by atoms with Crippen molar-refractivity contribution in [2.24, 2.45) is 0 Å². The van der Waals surface area contributed by atoms with Crippen molar-refractivity contribution in [2.45, 2.75) is 33.1 Å². The molecule has 0 bridgehead atoms. The Balaban J connectivity index is 0.000000418. The van der Waals surface area contributed by atoms with Gasteiger partial charge in [-0.05, 0) is 45.0 Å². The van der Waals surface area contributed by atoms with Crippen molar-refractivity contribution >= 4 is 31.7 Å². The van der Waals surface area contributed by atoms with Gasteiger partial charge in [0.1, 0.15) is 10.1 Å². The van der Waals surface area contributed by atoms with Gasteiger partial charge in [-0.1, -0.05) is 76.4 Å². The van der Waals surface area contributed by atoms with E-state index in [4.69, 9.17) is 0 Å². The van der Waals surface area contributed by atoms with Gasteiger partial charge in [0.15, 0.2) is 0 Å². The second-order valence-electron chi connectivity index (χ2n) is 6.16. The summed E-state index contributed by atoms with van der Waals surface area (Å²) < 4.78 is 32.3. The summed E-state index contributed by atoms with van der Waals surface area (Å²) in [4.78, 5) is 9.54. The molecule has 0 heterocycles. The molecule has 3 rings (SSSR count). The Morgan fingerprint density at radius 1 is 0.733 bits per heavy atom. The van der Waals surface area contributed by atoms with Gasteiger partial charge in [0.25, 0.3) is 5.69 Å². The Kier molecular flexibility index (Phi) is 11.8. The number of non-ortho nitro benzene ring substituents is 1. The van der Waals surface area contributed by atoms with Crippen molar-refractivity contribution in [1.82, 2.24) is 0 Å². The minimum absolute atomic E-state index is 0. The quantitative estimate of drug-likeness (QED) is 0.240. The van der Waals surface area contributed by atoms with E-state index in [0.717, 1.165) is 15.6 Å². The summed E-state index contributed by atoms with van der Waals surface area (Å²) in [7, 11) is -4.27. The zero-order valence-electron chi connectivity index (χ0n) is 16.2. The smallest absolute Gasteiger partial charge is 0.269 e. The van der Waals surface area contributed by atoms with Crippen LogP contribution < -0.4 is 0 Å². The third kappa shape index (κ3) is 10.8. The fourth-order valence-electron chi connectivity index (χ4n) is 1.90. The molecule has 0 saturated carbocycles. The molecular formula is C22H25BrNO5S-. The first-order chi connectivity index (χ1) is 13.5. The maximum atomic E-state index is 10.4. The maximum absolute atomic E-state index is 10.4. The molecule has 0 aromatic heterocycles. The topological polar surface area (TPSA) is 100 Å². The number of aryl methyl sites for hydroxylation is 3. The highest BCUT2D eigenvalue weighted by Gasteiger charge is 2.00. The highest BCUT2D eigenvalue weighted by molar-refractivity contribution is 9.10. The van der Waals surface area contributed by atoms with Crippen LogP contribution >= 0.6 is 15.9 Å². The molecule has 0 N–H and O–H groups in total. The molecule has 0 saturated heterocycles. The lowest BCUT2D eigenvalue weighted by atomic mass is 10.2. The summed E-state index contributed by atoms with van der Waals surface area (Å²) in [6.07, 6.45) is 0. The van der Waals surface area contributed by atoms with Crippen LogP contribution in [0, 0.1) is 30.9 Å². The molecule has 0 fully saturated rings. The molecule has 0 aliphatic rings. The van der Waals surface area contributed by atoms with Crippen molar-refractivity contribution < 1.29 is 17.9 Å². The molecule has 6 nitrogen and oxygen atoms in total. The molecule has 3 aromatic carbocycles. The molecule has 0 atom stereocenters. The predicted octanol–water partition coefficient (Wildman–Crippen LogP) is 6.20. The minimum atomic E-state index is -4.27. The first-order valence-corrected chi connectivity index (χ1v) is 10.6. The SMILES string of the molecule is C.Cc1ccc(Br)cc1.Cc1ccc(S(=O)(=O)[O-])cc1.Cc1ccc([N+](=O)[O-])cc1. The highest BCUT2D eigenvalue weighted by Crippen LogP contribution is 2.11. The van der Waals surface area contributed by atoms with E-state index in [0.29, 0.717) is 0 Å². The largest absolute Gasteiger partial charge is 0.744 e. The number of nitrogens with zero attached hydrogens (tertiary/aromatic N) is 1. The van der Waals surface area contributed by atoms with Crippen molar-refractivity contribution in [1.29, 1.82) is 0 Å². The number of hydrogen-bond donors (Lipinski definition) is 0. The van der Waals surface area contributed by atoms with E-state index < -0.39 is 15.0 Å². The minimum Gasteiger partial charge on any atom is -0.744 e. The Labute approximate surface area is 186 Å². The van der Waals surface area contributed by atoms with E-state index in [1.807, 2.05) is 26.0 Å². The third-order valence-corrected chi connectivity index (χ3v) is 4.94. The molecule has 0 aliphatic heterocycles. The lowest BCUT2D eigenvalue weighted by Crippen LogP contribution is -1.97. The van der Waals surface area contributed by atoms with E-state index in [-0.39, 0.29) is 18.0 Å². The summed E-state index contributed by atoms with van der Waals surface area (Å²) in [5.74, 6) is 0. The van der Waals surface area contributed by atoms with Gasteiger partial charge < -0.3 is 4.55 Å². The Morgan fingerprint density at radius 2 is 1.07 bits per heavy atom. The molecule has 0 aliphatic carbocycles. The summed E-state index contributed by atoms with van der Waals surface area (Å²) in [6.45, 7) is 5.79. The maximum Gasteiger partial charge on any atom is 0.269 e. The van der Waals surface area contributed by atoms with E-state index in [1.54, 1.807) is 24.3 Å². The molecule has 162 valence electrons. The predicted molar refractivity (Wildman–Crippen MR) is 123 cm³/mol. The van der Waals surface area contributed by atoms with Gasteiger partial charge in [0, 0.05) is 16.6 Å². The van der Waals surface area contributed by atoms with Crippen LogP contribution in [0.5, 0.6) is 0 Å². The molecule has 0 spiro atoms. The van der Waals surface area contributed by atoms with Gasteiger partial charge in [0.2, 0.25) is 0 Å². The molecule has 8 heteroatoms. The van der Waals surface area contributed by atoms with E-state index in [9.17, 15) is 23.1 Å². The third-order valence-electron chi connectivity index (χ3n) is 3.57. The molecular weight excluding hydrogens is 470 g/mol. The second-order valence-corrected chi connectivity index (χ2v) is 8.45. The zero-order valence-corrected chi connectivity index (χ0v) is 18.6. The van der Waals surface area contributed by atoms with E-state index >= 15 is 0 Å². The van der Waals surface area contributed by atoms with Crippen LogP contribution in [0.15, 0.2) is 82.2 Å². The number of rotatable bonds is 2. The lowest BCUT2D eigenvalue weighted by Gasteiger charge is -2.05. The lowest BCUT2D eigenvalue weighted by molar-refractivity contribution is -0.384. The molecule has 0 radical (unpaired) electrons. The fraction of sp³-hybridized carbons (Fsp3) is 0.182. The van der Waals surface area contributed by atoms with E-state index in [1.165, 1.54) is 29.8 Å². The van der Waals surface area contributed by atoms with E-state index in [2.05, 4.69) is 35.0 Å². The Hall–Kier alpha value is -2.55. The van der Waals surface area contributed by atoms with Gasteiger partial charge >= 0.3 is 0 Å². The van der Waals surface area contributed by atoms with Crippen LogP contribution in [0.25, 0.3) is 0 Å². The van der Waals surface area contributed by atoms with Crippen molar-refractivity contribution in [3.63, 3.8) is 0 Å². The number of benzene rings is 3. The van der Waals surface area contributed by atoms with Crippen LogP contribution in [0.2, 0.25) is 0 Å². The number of hydrogen-bond acceptors (Lipinski definition) is 5. The van der Waals surface area contributed by atoms with Gasteiger partial charge in [-0.2, -0.15) is 0 Å². The summed E-state index contributed by atoms with van der Waals surface area (Å²) in [5, 5.41) is 10.1. The highest BCUT2D eigenvalue weighted by atomic mass is 79.9. The van der Waals surface area contributed by atoms with Gasteiger partial charge in [-0.25, -0.2) is 8.42 Å². The standard InChI is InChI=1S/C7H7Br.C7H7NO2.C7H8O3S.CH4/c1-6-2-4-7(8)5-3-6;1-6-2-4-7(5-3-6)8(9)10;1-6-2-4-7(5-3-6)11(8,9)10;/h2-5H,1H3;2-5H,1H3;2-5H,1H3,(H,8,9,10);1H4/p-1. The first-order valence-electron chi connectivity index (χ1n) is 8.45. The van der Waals surface area contributed by atoms with Gasteiger partial charge in [-0.15, -0.1) is 0 Å². The van der Waals surface area contributed by atoms with Crippen molar-refractivity contribution in [3.8, 4) is 0 Å². The molecule has 0 unspecified atom stereocenters. The van der Waals surface area contributed by atoms with Crippen LogP contribution in [-0.4, -0.2) is 17.9 Å². The number of nitro groups is 1. The number of nitro benzene ring substituents is 1. The Bertz CT molecular complexity index is 996. The van der Waals surface area contributed by atoms with Crippen LogP contribution in [0.4, 0.5) is 5.69 Å². The molecule has 0 amide bonds. The second kappa shape index (κ2) is 12.9. The fourth-order valence-corrected chi connectivity index (χ4v) is 2.64. The summed E-state index contributed by atoms with van der Waals surface area (Å²) >= 11 is 3.35. The van der Waals surface area contributed by atoms with Crippen LogP contribution in [0.1, 0.15) is 24.1 Å². The van der Waals surface area contributed by atoms with Crippen molar-refractivity contribution in [3.05, 3.63) is 104 Å². The monoisotopic (exact) mass is 494 g/mol. The van der Waals surface area contributed by atoms with Gasteiger partial charge in [0.05, 0.1) is 9.82 Å². The van der Waals surface area contributed by atoms with Gasteiger partial charge in [-0.3, -0.25) is 10.1 Å². The molecule has 30 heavy (non-hydrogen) atoms. The average molecular weight is 495 g/mol. The van der Waals surface area contributed by atoms with Crippen LogP contribution in [-0.2, 0) is 10.1 Å². The number of halogens is 1. The molecule has 3 aromatic rings. The van der Waals surface area contributed by atoms with Crippen molar-refractivity contribution in [2.75, 3.05) is 0 Å². The van der Waals surface area contributed by atoms with Crippen LogP contribution in [0.3, 0.4) is 0 Å². The Morgan fingerprint density at radius 3 is 1.37 bits per heavy atom. The average Bonchev–Trinajstić information content (AvgIpc) is 2.65. The summed E-state index contributed by atoms with van der Waals surface area (Å²) in [5.41, 5.74) is 3.40. The first kappa shape index (κ1) is 27.5. The normalized spacial score (nSPS) is 9.77. The zero-order chi connectivity index (χ0) is 22.0. The summed E-state index contributed by atoms with van der Waals surface area (Å²) in [6, 6.07) is 20.4.